The van der Waals surface area contributed by atoms with Crippen molar-refractivity contribution < 1.29 is 19.4 Å². The van der Waals surface area contributed by atoms with Crippen molar-refractivity contribution in [3.05, 3.63) is 35.9 Å². The summed E-state index contributed by atoms with van der Waals surface area (Å²) >= 11 is 0. The molecule has 2 fully saturated rings. The molecule has 1 amide bonds. The van der Waals surface area contributed by atoms with Crippen molar-refractivity contribution in [1.29, 1.82) is 0 Å². The van der Waals surface area contributed by atoms with Crippen LogP contribution in [0.1, 0.15) is 31.2 Å². The van der Waals surface area contributed by atoms with E-state index in [2.05, 4.69) is 0 Å². The first kappa shape index (κ1) is 16.8. The largest absolute Gasteiger partial charge is 0.480 e. The van der Waals surface area contributed by atoms with Crippen LogP contribution < -0.4 is 0 Å². The molecule has 1 aliphatic carbocycles. The van der Waals surface area contributed by atoms with E-state index in [1.165, 1.54) is 0 Å². The van der Waals surface area contributed by atoms with Gasteiger partial charge in [0.05, 0.1) is 6.54 Å². The molecule has 2 aliphatic rings. The number of carboxylic acid groups (broad SMARTS) is 1. The number of hydrogen-bond donors (Lipinski definition) is 1. The van der Waals surface area contributed by atoms with Gasteiger partial charge in [0.2, 0.25) is 0 Å². The van der Waals surface area contributed by atoms with E-state index in [1.807, 2.05) is 35.2 Å². The molecule has 1 atom stereocenters. The van der Waals surface area contributed by atoms with Gasteiger partial charge < -0.3 is 14.7 Å². The van der Waals surface area contributed by atoms with E-state index in [-0.39, 0.29) is 31.3 Å². The minimum absolute atomic E-state index is 0.0439. The standard InChI is InChI=1S/C18H24N2O4/c21-17(22)12-19-10-4-7-16(19)11-20(15-8-9-15)18(23)24-13-14-5-2-1-3-6-14/h1-3,5-6,15-16H,4,7-13H2,(H,21,22)/t16-/m0/s1. The lowest BCUT2D eigenvalue weighted by Gasteiger charge is -2.29. The van der Waals surface area contributed by atoms with Crippen molar-refractivity contribution >= 4 is 12.1 Å². The maximum atomic E-state index is 12.5. The molecular weight excluding hydrogens is 308 g/mol. The number of ether oxygens (including phenoxy) is 1. The maximum absolute atomic E-state index is 12.5. The topological polar surface area (TPSA) is 70.1 Å². The quantitative estimate of drug-likeness (QED) is 0.830. The maximum Gasteiger partial charge on any atom is 0.410 e. The molecule has 1 aromatic carbocycles. The summed E-state index contributed by atoms with van der Waals surface area (Å²) in [5.74, 6) is -0.813. The lowest BCUT2D eigenvalue weighted by atomic mass is 10.2. The average Bonchev–Trinajstić information content (AvgIpc) is 3.32. The van der Waals surface area contributed by atoms with Gasteiger partial charge in [-0.2, -0.15) is 0 Å². The van der Waals surface area contributed by atoms with Crippen molar-refractivity contribution in [2.75, 3.05) is 19.6 Å². The van der Waals surface area contributed by atoms with Crippen molar-refractivity contribution in [3.63, 3.8) is 0 Å². The Labute approximate surface area is 142 Å². The minimum Gasteiger partial charge on any atom is -0.480 e. The summed E-state index contributed by atoms with van der Waals surface area (Å²) in [6.07, 6.45) is 3.64. The van der Waals surface area contributed by atoms with E-state index in [9.17, 15) is 9.59 Å². The zero-order valence-electron chi connectivity index (χ0n) is 13.8. The zero-order valence-corrected chi connectivity index (χ0v) is 13.8. The highest BCUT2D eigenvalue weighted by atomic mass is 16.6. The second kappa shape index (κ2) is 7.66. The highest BCUT2D eigenvalue weighted by molar-refractivity contribution is 5.69. The van der Waals surface area contributed by atoms with Crippen molar-refractivity contribution in [2.45, 2.75) is 44.4 Å². The third-order valence-electron chi connectivity index (χ3n) is 4.67. The molecule has 0 bridgehead atoms. The number of aliphatic carboxylic acids is 1. The minimum atomic E-state index is -0.813. The highest BCUT2D eigenvalue weighted by Gasteiger charge is 2.37. The molecule has 1 saturated heterocycles. The van der Waals surface area contributed by atoms with E-state index in [0.29, 0.717) is 6.54 Å². The van der Waals surface area contributed by atoms with Gasteiger partial charge in [0, 0.05) is 18.6 Å². The Balaban J connectivity index is 1.56. The van der Waals surface area contributed by atoms with Crippen molar-refractivity contribution in [2.24, 2.45) is 0 Å². The molecular formula is C18H24N2O4. The van der Waals surface area contributed by atoms with Crippen LogP contribution in [0.3, 0.4) is 0 Å². The Hall–Kier alpha value is -2.08. The molecule has 0 radical (unpaired) electrons. The van der Waals surface area contributed by atoms with Crippen LogP contribution in [0.4, 0.5) is 4.79 Å². The molecule has 6 nitrogen and oxygen atoms in total. The van der Waals surface area contributed by atoms with Gasteiger partial charge in [-0.25, -0.2) is 4.79 Å². The molecule has 3 rings (SSSR count). The number of amides is 1. The Bertz CT molecular complexity index is 574. The van der Waals surface area contributed by atoms with Crippen LogP contribution in [-0.4, -0.2) is 58.7 Å². The fourth-order valence-corrected chi connectivity index (χ4v) is 3.27. The lowest BCUT2D eigenvalue weighted by molar-refractivity contribution is -0.138. The van der Waals surface area contributed by atoms with E-state index in [4.69, 9.17) is 9.84 Å². The van der Waals surface area contributed by atoms with Gasteiger partial charge in [0.15, 0.2) is 0 Å². The van der Waals surface area contributed by atoms with Gasteiger partial charge in [0.1, 0.15) is 6.61 Å². The predicted octanol–water partition coefficient (Wildman–Crippen LogP) is 2.34. The van der Waals surface area contributed by atoms with E-state index in [1.54, 1.807) is 4.90 Å². The van der Waals surface area contributed by atoms with Crippen LogP contribution in [-0.2, 0) is 16.1 Å². The second-order valence-electron chi connectivity index (χ2n) is 6.58. The first-order valence-corrected chi connectivity index (χ1v) is 8.56. The fraction of sp³-hybridized carbons (Fsp3) is 0.556. The summed E-state index contributed by atoms with van der Waals surface area (Å²) in [4.78, 5) is 27.2. The number of nitrogens with zero attached hydrogens (tertiary/aromatic N) is 2. The Morgan fingerprint density at radius 3 is 2.62 bits per heavy atom. The van der Waals surface area contributed by atoms with Gasteiger partial charge in [0.25, 0.3) is 0 Å². The summed E-state index contributed by atoms with van der Waals surface area (Å²) in [7, 11) is 0. The van der Waals surface area contributed by atoms with Crippen LogP contribution >= 0.6 is 0 Å². The molecule has 1 aromatic rings. The third kappa shape index (κ3) is 4.47. The number of carbonyl (C=O) groups excluding carboxylic acids is 1. The summed E-state index contributed by atoms with van der Waals surface area (Å²) in [5, 5.41) is 9.02. The van der Waals surface area contributed by atoms with Crippen molar-refractivity contribution in [3.8, 4) is 0 Å². The van der Waals surface area contributed by atoms with E-state index in [0.717, 1.165) is 37.8 Å². The third-order valence-corrected chi connectivity index (χ3v) is 4.67. The number of carboxylic acids is 1. The molecule has 0 aromatic heterocycles. The lowest BCUT2D eigenvalue weighted by Crippen LogP contribution is -2.45. The van der Waals surface area contributed by atoms with Gasteiger partial charge in [-0.1, -0.05) is 30.3 Å². The molecule has 0 unspecified atom stereocenters. The zero-order chi connectivity index (χ0) is 16.9. The normalized spacial score (nSPS) is 20.8. The highest BCUT2D eigenvalue weighted by Crippen LogP contribution is 2.30. The summed E-state index contributed by atoms with van der Waals surface area (Å²) in [5.41, 5.74) is 0.968. The van der Waals surface area contributed by atoms with Gasteiger partial charge in [-0.05, 0) is 37.8 Å². The number of likely N-dealkylation sites (tertiary alicyclic amines) is 1. The van der Waals surface area contributed by atoms with Crippen LogP contribution in [0.5, 0.6) is 0 Å². The Morgan fingerprint density at radius 1 is 1.21 bits per heavy atom. The number of hydrogen-bond acceptors (Lipinski definition) is 4. The van der Waals surface area contributed by atoms with Crippen LogP contribution in [0.15, 0.2) is 30.3 Å². The molecule has 1 N–H and O–H groups in total. The van der Waals surface area contributed by atoms with Gasteiger partial charge in [-0.15, -0.1) is 0 Å². The summed E-state index contributed by atoms with van der Waals surface area (Å²) < 4.78 is 5.47. The first-order chi connectivity index (χ1) is 11.6. The average molecular weight is 332 g/mol. The van der Waals surface area contributed by atoms with Crippen LogP contribution in [0, 0.1) is 0 Å². The number of benzene rings is 1. The van der Waals surface area contributed by atoms with Gasteiger partial charge >= 0.3 is 12.1 Å². The predicted molar refractivity (Wildman–Crippen MR) is 88.6 cm³/mol. The first-order valence-electron chi connectivity index (χ1n) is 8.56. The van der Waals surface area contributed by atoms with Crippen LogP contribution in [0.2, 0.25) is 0 Å². The van der Waals surface area contributed by atoms with Gasteiger partial charge in [-0.3, -0.25) is 9.69 Å². The molecule has 1 saturated carbocycles. The summed E-state index contributed by atoms with van der Waals surface area (Å²) in [6.45, 7) is 1.66. The van der Waals surface area contributed by atoms with E-state index < -0.39 is 5.97 Å². The molecule has 1 aliphatic heterocycles. The number of rotatable bonds is 7. The van der Waals surface area contributed by atoms with Crippen LogP contribution in [0.25, 0.3) is 0 Å². The Morgan fingerprint density at radius 2 is 1.96 bits per heavy atom. The van der Waals surface area contributed by atoms with E-state index >= 15 is 0 Å². The van der Waals surface area contributed by atoms with Crippen molar-refractivity contribution in [1.82, 2.24) is 9.80 Å². The molecule has 6 heteroatoms. The molecule has 24 heavy (non-hydrogen) atoms. The monoisotopic (exact) mass is 332 g/mol. The smallest absolute Gasteiger partial charge is 0.410 e. The molecule has 1 heterocycles. The second-order valence-corrected chi connectivity index (χ2v) is 6.58. The SMILES string of the molecule is O=C(O)CN1CCC[C@H]1CN(C(=O)OCc1ccccc1)C1CC1. The summed E-state index contributed by atoms with van der Waals surface area (Å²) in [6, 6.07) is 10.00. The number of carbonyl (C=O) groups is 2. The molecule has 130 valence electrons. The Kier molecular flexibility index (Phi) is 5.35. The molecule has 0 spiro atoms. The fourth-order valence-electron chi connectivity index (χ4n) is 3.27.